The molecular weight excluding hydrogens is 258 g/mol. The van der Waals surface area contributed by atoms with Gasteiger partial charge in [-0.3, -0.25) is 4.21 Å². The highest BCUT2D eigenvalue weighted by Gasteiger charge is 2.33. The van der Waals surface area contributed by atoms with Gasteiger partial charge in [0.2, 0.25) is 0 Å². The number of benzene rings is 1. The number of ether oxygens (including phenoxy) is 1. The summed E-state index contributed by atoms with van der Waals surface area (Å²) in [4.78, 5) is 0.296. The van der Waals surface area contributed by atoms with E-state index in [0.29, 0.717) is 0 Å². The molecule has 112 valence electrons. The molecule has 0 aromatic heterocycles. The van der Waals surface area contributed by atoms with Crippen LogP contribution in [0.5, 0.6) is 0 Å². The second kappa shape index (κ2) is 12.3. The molecule has 1 unspecified atom stereocenters. The normalized spacial score (nSPS) is 11.5. The fourth-order valence-electron chi connectivity index (χ4n) is 1.64. The molecule has 0 saturated heterocycles. The third-order valence-corrected chi connectivity index (χ3v) is 4.86. The molecule has 0 fully saturated rings. The summed E-state index contributed by atoms with van der Waals surface area (Å²) in [6, 6.07) is 9.50. The van der Waals surface area contributed by atoms with Crippen molar-refractivity contribution < 1.29 is 8.95 Å². The third kappa shape index (κ3) is 5.85. The van der Waals surface area contributed by atoms with Crippen LogP contribution >= 0.6 is 0 Å². The number of hydrogen-bond acceptors (Lipinski definition) is 3. The minimum atomic E-state index is -1.10. The first-order chi connectivity index (χ1) is 9.20. The first kappa shape index (κ1) is 20.6. The largest absolute Gasteiger partial charge is 0.365 e. The van der Waals surface area contributed by atoms with Gasteiger partial charge < -0.3 is 10.5 Å². The van der Waals surface area contributed by atoms with Crippen molar-refractivity contribution in [1.29, 1.82) is 0 Å². The fraction of sp³-hybridized carbons (Fsp3) is 0.600. The third-order valence-electron chi connectivity index (χ3n) is 2.74. The van der Waals surface area contributed by atoms with Crippen molar-refractivity contribution in [1.82, 2.24) is 0 Å². The Morgan fingerprint density at radius 3 is 1.84 bits per heavy atom. The minimum Gasteiger partial charge on any atom is -0.365 e. The van der Waals surface area contributed by atoms with E-state index < -0.39 is 15.7 Å². The van der Waals surface area contributed by atoms with Crippen LogP contribution in [0.25, 0.3) is 0 Å². The Bertz CT molecular complexity index is 316. The molecule has 1 aromatic rings. The van der Waals surface area contributed by atoms with Gasteiger partial charge in [0, 0.05) is 12.0 Å². The van der Waals surface area contributed by atoms with Crippen LogP contribution in [0.15, 0.2) is 35.2 Å². The summed E-state index contributed by atoms with van der Waals surface area (Å²) in [6.07, 6.45) is 1.50. The van der Waals surface area contributed by atoms with Crippen LogP contribution in [0.2, 0.25) is 0 Å². The molecule has 0 radical (unpaired) electrons. The molecule has 0 bridgehead atoms. The molecule has 1 rings (SSSR count). The van der Waals surface area contributed by atoms with E-state index in [2.05, 4.69) is 5.73 Å². The maximum Gasteiger partial charge on any atom is 0.146 e. The summed E-state index contributed by atoms with van der Waals surface area (Å²) in [5, 5.41) is 0. The predicted octanol–water partition coefficient (Wildman–Crippen LogP) is 3.56. The average Bonchev–Trinajstić information content (AvgIpc) is 2.54. The van der Waals surface area contributed by atoms with Crippen LogP contribution < -0.4 is 5.73 Å². The Kier molecular flexibility index (Phi) is 13.4. The van der Waals surface area contributed by atoms with Crippen LogP contribution in [0.1, 0.15) is 40.5 Å². The highest BCUT2D eigenvalue weighted by Crippen LogP contribution is 2.28. The number of methoxy groups -OCH3 is 1. The van der Waals surface area contributed by atoms with Crippen molar-refractivity contribution in [3.05, 3.63) is 30.3 Å². The minimum absolute atomic E-state index is 0.540. The summed E-state index contributed by atoms with van der Waals surface area (Å²) < 4.78 is 17.8. The standard InChI is InChI=1S/C12H18O2S.C2H6.CH5N/c1-4-12(5-2,14-3)15(13)11-9-7-6-8-10-11;2*1-2/h6-10H,4-5H2,1-3H3;1-2H3;2H2,1H3. The van der Waals surface area contributed by atoms with Crippen molar-refractivity contribution >= 4 is 10.8 Å². The van der Waals surface area contributed by atoms with E-state index in [1.54, 1.807) is 7.11 Å². The van der Waals surface area contributed by atoms with E-state index in [-0.39, 0.29) is 0 Å². The highest BCUT2D eigenvalue weighted by molar-refractivity contribution is 7.86. The SMILES string of the molecule is CC.CCC(CC)(OC)S(=O)c1ccccc1.CN. The molecule has 1 atom stereocenters. The maximum absolute atomic E-state index is 12.3. The van der Waals surface area contributed by atoms with Gasteiger partial charge in [-0.05, 0) is 32.0 Å². The lowest BCUT2D eigenvalue weighted by Gasteiger charge is -2.29. The number of nitrogens with two attached hydrogens (primary N) is 1. The van der Waals surface area contributed by atoms with E-state index in [9.17, 15) is 4.21 Å². The molecular formula is C15H29NO2S. The summed E-state index contributed by atoms with van der Waals surface area (Å²) in [6.45, 7) is 8.02. The van der Waals surface area contributed by atoms with Crippen LogP contribution in [-0.4, -0.2) is 23.3 Å². The molecule has 0 saturated carbocycles. The summed E-state index contributed by atoms with van der Waals surface area (Å²) in [5.41, 5.74) is 4.50. The van der Waals surface area contributed by atoms with Crippen LogP contribution in [0, 0.1) is 0 Å². The second-order valence-corrected chi connectivity index (χ2v) is 5.16. The first-order valence-electron chi connectivity index (χ1n) is 6.80. The lowest BCUT2D eigenvalue weighted by atomic mass is 10.2. The van der Waals surface area contributed by atoms with E-state index in [0.717, 1.165) is 17.7 Å². The van der Waals surface area contributed by atoms with Gasteiger partial charge in [-0.25, -0.2) is 0 Å². The van der Waals surface area contributed by atoms with E-state index in [1.807, 2.05) is 58.0 Å². The van der Waals surface area contributed by atoms with Crippen LogP contribution in [-0.2, 0) is 15.5 Å². The zero-order valence-corrected chi connectivity index (χ0v) is 13.9. The molecule has 0 aliphatic heterocycles. The Morgan fingerprint density at radius 2 is 1.53 bits per heavy atom. The number of hydrogen-bond donors (Lipinski definition) is 1. The fourth-order valence-corrected chi connectivity index (χ4v) is 3.15. The predicted molar refractivity (Wildman–Crippen MR) is 84.6 cm³/mol. The quantitative estimate of drug-likeness (QED) is 0.901. The topological polar surface area (TPSA) is 52.3 Å². The number of rotatable bonds is 5. The Hall–Kier alpha value is -0.710. The van der Waals surface area contributed by atoms with Crippen molar-refractivity contribution in [2.24, 2.45) is 5.73 Å². The second-order valence-electron chi connectivity index (χ2n) is 3.40. The lowest BCUT2D eigenvalue weighted by Crippen LogP contribution is -2.35. The molecule has 4 heteroatoms. The van der Waals surface area contributed by atoms with Gasteiger partial charge >= 0.3 is 0 Å². The zero-order valence-electron chi connectivity index (χ0n) is 13.1. The Balaban J connectivity index is 0. The smallest absolute Gasteiger partial charge is 0.146 e. The molecule has 19 heavy (non-hydrogen) atoms. The molecule has 3 nitrogen and oxygen atoms in total. The van der Waals surface area contributed by atoms with E-state index in [4.69, 9.17) is 4.74 Å². The summed E-state index contributed by atoms with van der Waals surface area (Å²) in [7, 11) is 2.03. The first-order valence-corrected chi connectivity index (χ1v) is 7.95. The van der Waals surface area contributed by atoms with Crippen molar-refractivity contribution in [2.45, 2.75) is 50.4 Å². The maximum atomic E-state index is 12.3. The molecule has 2 N–H and O–H groups in total. The zero-order chi connectivity index (χ0) is 15.3. The van der Waals surface area contributed by atoms with E-state index in [1.165, 1.54) is 7.05 Å². The Morgan fingerprint density at radius 1 is 1.11 bits per heavy atom. The van der Waals surface area contributed by atoms with E-state index >= 15 is 0 Å². The molecule has 0 aliphatic rings. The van der Waals surface area contributed by atoms with Crippen molar-refractivity contribution in [3.8, 4) is 0 Å². The van der Waals surface area contributed by atoms with Gasteiger partial charge in [0.1, 0.15) is 4.93 Å². The van der Waals surface area contributed by atoms with Gasteiger partial charge in [-0.1, -0.05) is 45.9 Å². The molecule has 0 amide bonds. The molecule has 1 aromatic carbocycles. The van der Waals surface area contributed by atoms with Crippen LogP contribution in [0.4, 0.5) is 0 Å². The van der Waals surface area contributed by atoms with Gasteiger partial charge in [-0.15, -0.1) is 0 Å². The average molecular weight is 287 g/mol. The van der Waals surface area contributed by atoms with Gasteiger partial charge in [0.05, 0.1) is 10.8 Å². The molecule has 0 spiro atoms. The van der Waals surface area contributed by atoms with Crippen LogP contribution in [0.3, 0.4) is 0 Å². The lowest BCUT2D eigenvalue weighted by molar-refractivity contribution is 0.0597. The van der Waals surface area contributed by atoms with Crippen molar-refractivity contribution in [3.63, 3.8) is 0 Å². The van der Waals surface area contributed by atoms with Gasteiger partial charge in [0.15, 0.2) is 0 Å². The monoisotopic (exact) mass is 287 g/mol. The highest BCUT2D eigenvalue weighted by atomic mass is 32.2. The summed E-state index contributed by atoms with van der Waals surface area (Å²) >= 11 is 0. The van der Waals surface area contributed by atoms with Gasteiger partial charge in [0.25, 0.3) is 0 Å². The summed E-state index contributed by atoms with van der Waals surface area (Å²) in [5.74, 6) is 0. The van der Waals surface area contributed by atoms with Gasteiger partial charge in [-0.2, -0.15) is 0 Å². The Labute approximate surface area is 121 Å². The molecule has 0 aliphatic carbocycles. The van der Waals surface area contributed by atoms with Crippen molar-refractivity contribution in [2.75, 3.05) is 14.2 Å². The molecule has 0 heterocycles.